The van der Waals surface area contributed by atoms with E-state index in [-0.39, 0.29) is 17.1 Å². The summed E-state index contributed by atoms with van der Waals surface area (Å²) in [5.74, 6) is 0. The minimum Gasteiger partial charge on any atom is -0.379 e. The quantitative estimate of drug-likeness (QED) is 0.891. The average molecular weight is 270 g/mol. The maximum atomic E-state index is 5.52. The van der Waals surface area contributed by atoms with Crippen molar-refractivity contribution in [1.82, 2.24) is 10.3 Å². The first-order valence-electron chi connectivity index (χ1n) is 6.50. The molecule has 0 aliphatic heterocycles. The first-order chi connectivity index (χ1) is 8.25. The molecule has 4 heteroatoms. The molecular weight excluding hydrogens is 244 g/mol. The largest absolute Gasteiger partial charge is 0.379 e. The SMILES string of the molecule is CCNC(C)(c1nc(C(C)(C)C)cs1)C(C)OC. The summed E-state index contributed by atoms with van der Waals surface area (Å²) in [6.07, 6.45) is 0.0800. The molecule has 0 saturated heterocycles. The van der Waals surface area contributed by atoms with Crippen LogP contribution in [0.1, 0.15) is 52.2 Å². The molecule has 0 saturated carbocycles. The summed E-state index contributed by atoms with van der Waals surface area (Å²) in [5, 5.41) is 6.77. The van der Waals surface area contributed by atoms with Crippen molar-refractivity contribution in [3.05, 3.63) is 16.1 Å². The maximum absolute atomic E-state index is 5.52. The van der Waals surface area contributed by atoms with Crippen molar-refractivity contribution >= 4 is 11.3 Å². The number of nitrogens with zero attached hydrogens (tertiary/aromatic N) is 1. The number of methoxy groups -OCH3 is 1. The molecule has 0 spiro atoms. The number of hydrogen-bond donors (Lipinski definition) is 1. The van der Waals surface area contributed by atoms with Gasteiger partial charge in [-0.15, -0.1) is 11.3 Å². The van der Waals surface area contributed by atoms with Gasteiger partial charge >= 0.3 is 0 Å². The topological polar surface area (TPSA) is 34.2 Å². The first kappa shape index (κ1) is 15.6. The second kappa shape index (κ2) is 5.68. The monoisotopic (exact) mass is 270 g/mol. The molecule has 18 heavy (non-hydrogen) atoms. The lowest BCUT2D eigenvalue weighted by atomic mass is 9.92. The molecule has 104 valence electrons. The van der Waals surface area contributed by atoms with Gasteiger partial charge in [-0.05, 0) is 20.4 Å². The molecule has 1 heterocycles. The van der Waals surface area contributed by atoms with Crippen LogP contribution in [0.5, 0.6) is 0 Å². The highest BCUT2D eigenvalue weighted by Gasteiger charge is 2.36. The maximum Gasteiger partial charge on any atom is 0.115 e. The molecule has 2 atom stereocenters. The molecule has 0 amide bonds. The van der Waals surface area contributed by atoms with E-state index in [1.807, 2.05) is 0 Å². The Bertz CT molecular complexity index is 383. The zero-order chi connectivity index (χ0) is 14.0. The highest BCUT2D eigenvalue weighted by Crippen LogP contribution is 2.32. The molecule has 1 aromatic heterocycles. The normalized spacial score (nSPS) is 17.5. The predicted octanol–water partition coefficient (Wildman–Crippen LogP) is 3.30. The van der Waals surface area contributed by atoms with Crippen LogP contribution < -0.4 is 5.32 Å². The van der Waals surface area contributed by atoms with Gasteiger partial charge in [0, 0.05) is 17.9 Å². The lowest BCUT2D eigenvalue weighted by Crippen LogP contribution is -2.48. The Balaban J connectivity index is 3.11. The number of aromatic nitrogens is 1. The third-order valence-electron chi connectivity index (χ3n) is 3.43. The van der Waals surface area contributed by atoms with Gasteiger partial charge in [-0.25, -0.2) is 4.98 Å². The highest BCUT2D eigenvalue weighted by atomic mass is 32.1. The van der Waals surface area contributed by atoms with E-state index in [4.69, 9.17) is 9.72 Å². The third kappa shape index (κ3) is 3.11. The van der Waals surface area contributed by atoms with Crippen LogP contribution in [0.15, 0.2) is 5.38 Å². The summed E-state index contributed by atoms with van der Waals surface area (Å²) in [6.45, 7) is 13.8. The minimum atomic E-state index is -0.225. The van der Waals surface area contributed by atoms with Gasteiger partial charge in [0.2, 0.25) is 0 Å². The lowest BCUT2D eigenvalue weighted by Gasteiger charge is -2.33. The molecule has 0 bridgehead atoms. The summed E-state index contributed by atoms with van der Waals surface area (Å²) in [7, 11) is 1.75. The summed E-state index contributed by atoms with van der Waals surface area (Å²) >= 11 is 1.71. The van der Waals surface area contributed by atoms with Gasteiger partial charge in [0.1, 0.15) is 5.01 Å². The Labute approximate surface area is 115 Å². The molecular formula is C14H26N2OS. The van der Waals surface area contributed by atoms with Crippen LogP contribution in [0, 0.1) is 0 Å². The smallest absolute Gasteiger partial charge is 0.115 e. The van der Waals surface area contributed by atoms with Gasteiger partial charge < -0.3 is 10.1 Å². The molecule has 1 rings (SSSR count). The number of nitrogens with one attached hydrogen (secondary N) is 1. The van der Waals surface area contributed by atoms with Crippen LogP contribution in [-0.4, -0.2) is 24.7 Å². The van der Waals surface area contributed by atoms with E-state index >= 15 is 0 Å². The van der Waals surface area contributed by atoms with E-state index in [1.54, 1.807) is 18.4 Å². The Hall–Kier alpha value is -0.450. The fraction of sp³-hybridized carbons (Fsp3) is 0.786. The van der Waals surface area contributed by atoms with Crippen LogP contribution in [-0.2, 0) is 15.7 Å². The molecule has 0 aliphatic rings. The van der Waals surface area contributed by atoms with Crippen LogP contribution >= 0.6 is 11.3 Å². The number of rotatable bonds is 5. The van der Waals surface area contributed by atoms with Gasteiger partial charge in [0.15, 0.2) is 0 Å². The number of ether oxygens (including phenoxy) is 1. The molecule has 1 aromatic rings. The standard InChI is InChI=1S/C14H26N2OS/c1-8-15-14(6,10(2)17-7)12-16-11(9-18-12)13(3,4)5/h9-10,15H,8H2,1-7H3. The van der Waals surface area contributed by atoms with Crippen molar-refractivity contribution < 1.29 is 4.74 Å². The van der Waals surface area contributed by atoms with Crippen molar-refractivity contribution in [2.45, 2.75) is 58.6 Å². The molecule has 0 aliphatic carbocycles. The molecule has 0 radical (unpaired) electrons. The average Bonchev–Trinajstić information content (AvgIpc) is 2.77. The molecule has 0 fully saturated rings. The Morgan fingerprint density at radius 1 is 1.39 bits per heavy atom. The second-order valence-corrected chi connectivity index (χ2v) is 6.76. The Morgan fingerprint density at radius 2 is 2.00 bits per heavy atom. The summed E-state index contributed by atoms with van der Waals surface area (Å²) < 4.78 is 5.52. The van der Waals surface area contributed by atoms with Crippen LogP contribution in [0.4, 0.5) is 0 Å². The van der Waals surface area contributed by atoms with Crippen LogP contribution in [0.3, 0.4) is 0 Å². The Morgan fingerprint density at radius 3 is 2.39 bits per heavy atom. The second-order valence-electron chi connectivity index (χ2n) is 5.90. The third-order valence-corrected chi connectivity index (χ3v) is 4.51. The van der Waals surface area contributed by atoms with Gasteiger partial charge in [-0.1, -0.05) is 27.7 Å². The van der Waals surface area contributed by atoms with Crippen LogP contribution in [0.25, 0.3) is 0 Å². The zero-order valence-electron chi connectivity index (χ0n) is 12.6. The van der Waals surface area contributed by atoms with Crippen LogP contribution in [0.2, 0.25) is 0 Å². The Kier molecular flexibility index (Phi) is 4.92. The van der Waals surface area contributed by atoms with E-state index in [1.165, 1.54) is 0 Å². The fourth-order valence-corrected chi connectivity index (χ4v) is 3.12. The summed E-state index contributed by atoms with van der Waals surface area (Å²) in [5.41, 5.74) is 1.02. The lowest BCUT2D eigenvalue weighted by molar-refractivity contribution is 0.0369. The van der Waals surface area contributed by atoms with E-state index in [2.05, 4.69) is 52.2 Å². The van der Waals surface area contributed by atoms with Crippen molar-refractivity contribution in [3.63, 3.8) is 0 Å². The first-order valence-corrected chi connectivity index (χ1v) is 7.38. The van der Waals surface area contributed by atoms with Gasteiger partial charge in [0.05, 0.1) is 17.3 Å². The van der Waals surface area contributed by atoms with E-state index in [0.717, 1.165) is 17.2 Å². The fourth-order valence-electron chi connectivity index (χ4n) is 1.85. The molecule has 3 nitrogen and oxygen atoms in total. The number of thiazole rings is 1. The molecule has 2 unspecified atom stereocenters. The van der Waals surface area contributed by atoms with Gasteiger partial charge in [0.25, 0.3) is 0 Å². The van der Waals surface area contributed by atoms with Gasteiger partial charge in [-0.3, -0.25) is 0 Å². The minimum absolute atomic E-state index is 0.0800. The van der Waals surface area contributed by atoms with E-state index in [9.17, 15) is 0 Å². The zero-order valence-corrected chi connectivity index (χ0v) is 13.4. The van der Waals surface area contributed by atoms with Crippen molar-refractivity contribution in [3.8, 4) is 0 Å². The summed E-state index contributed by atoms with van der Waals surface area (Å²) in [4.78, 5) is 4.82. The number of hydrogen-bond acceptors (Lipinski definition) is 4. The van der Waals surface area contributed by atoms with Crippen molar-refractivity contribution in [2.24, 2.45) is 0 Å². The summed E-state index contributed by atoms with van der Waals surface area (Å²) in [6, 6.07) is 0. The van der Waals surface area contributed by atoms with Crippen molar-refractivity contribution in [2.75, 3.05) is 13.7 Å². The van der Waals surface area contributed by atoms with E-state index in [0.29, 0.717) is 0 Å². The number of likely N-dealkylation sites (N-methyl/N-ethyl adjacent to an activating group) is 1. The predicted molar refractivity (Wildman–Crippen MR) is 78.3 cm³/mol. The van der Waals surface area contributed by atoms with Gasteiger partial charge in [-0.2, -0.15) is 0 Å². The van der Waals surface area contributed by atoms with E-state index < -0.39 is 0 Å². The molecule has 1 N–H and O–H groups in total. The highest BCUT2D eigenvalue weighted by molar-refractivity contribution is 7.09. The van der Waals surface area contributed by atoms with Crippen molar-refractivity contribution in [1.29, 1.82) is 0 Å². The molecule has 0 aromatic carbocycles.